The van der Waals surface area contributed by atoms with E-state index in [2.05, 4.69) is 10.5 Å². The van der Waals surface area contributed by atoms with Crippen molar-refractivity contribution in [2.24, 2.45) is 5.10 Å². The van der Waals surface area contributed by atoms with Crippen molar-refractivity contribution in [2.75, 3.05) is 17.4 Å². The molecule has 0 aliphatic heterocycles. The first-order chi connectivity index (χ1) is 11.9. The Kier molecular flexibility index (Phi) is 5.36. The molecule has 0 heterocycles. The Labute approximate surface area is 141 Å². The van der Waals surface area contributed by atoms with E-state index < -0.39 is 15.5 Å². The average Bonchev–Trinajstić information content (AvgIpc) is 2.61. The van der Waals surface area contributed by atoms with Gasteiger partial charge in [-0.05, 0) is 12.1 Å². The largest absolute Gasteiger partial charge is 0.317 e. The number of hydrogen-bond donors (Lipinski definition) is 1. The van der Waals surface area contributed by atoms with Gasteiger partial charge < -0.3 is 4.90 Å². The molecule has 0 saturated carbocycles. The Balaban J connectivity index is 2.27. The zero-order chi connectivity index (χ0) is 18.4. The Bertz CT molecular complexity index is 852. The first kappa shape index (κ1) is 17.5. The molecule has 0 aliphatic rings. The number of benzene rings is 2. The predicted molar refractivity (Wildman–Crippen MR) is 91.9 cm³/mol. The van der Waals surface area contributed by atoms with E-state index in [0.717, 1.165) is 12.1 Å². The summed E-state index contributed by atoms with van der Waals surface area (Å²) in [6.45, 7) is 0. The monoisotopic (exact) mass is 343 g/mol. The number of anilines is 2. The van der Waals surface area contributed by atoms with Gasteiger partial charge in [-0.2, -0.15) is 5.10 Å². The van der Waals surface area contributed by atoms with E-state index in [0.29, 0.717) is 17.7 Å². The van der Waals surface area contributed by atoms with Crippen LogP contribution < -0.4 is 10.3 Å². The van der Waals surface area contributed by atoms with Crippen molar-refractivity contribution < 1.29 is 14.6 Å². The van der Waals surface area contributed by atoms with E-state index in [4.69, 9.17) is 0 Å². The molecule has 25 heavy (non-hydrogen) atoms. The van der Waals surface area contributed by atoms with Crippen LogP contribution in [0.5, 0.6) is 0 Å². The number of non-ortho nitro benzene ring substituents is 1. The lowest BCUT2D eigenvalue weighted by molar-refractivity contribution is -0.393. The summed E-state index contributed by atoms with van der Waals surface area (Å²) in [5, 5.41) is 25.7. The lowest BCUT2D eigenvalue weighted by Gasteiger charge is -2.13. The number of carbonyl (C=O) groups is 1. The second kappa shape index (κ2) is 7.64. The lowest BCUT2D eigenvalue weighted by atomic mass is 10.2. The van der Waals surface area contributed by atoms with Crippen molar-refractivity contribution in [1.29, 1.82) is 0 Å². The molecule has 2 aromatic rings. The molecule has 0 fully saturated rings. The zero-order valence-corrected chi connectivity index (χ0v) is 13.0. The van der Waals surface area contributed by atoms with Crippen LogP contribution in [0.2, 0.25) is 0 Å². The normalized spacial score (nSPS) is 10.4. The molecule has 0 saturated heterocycles. The van der Waals surface area contributed by atoms with Gasteiger partial charge in [-0.1, -0.05) is 18.2 Å². The number of para-hydroxylation sites is 1. The minimum Gasteiger partial charge on any atom is -0.317 e. The standard InChI is InChI=1S/C15H13N5O5/c1-18(10-21)14-5-3-2-4-11(14)9-16-17-13-7-6-12(19(22)23)8-15(13)20(24)25/h2-10,17H,1H3. The molecule has 128 valence electrons. The molecule has 2 aromatic carbocycles. The molecule has 0 aromatic heterocycles. The molecular formula is C15H13N5O5. The van der Waals surface area contributed by atoms with Crippen LogP contribution in [0.3, 0.4) is 0 Å². The number of hydrogen-bond acceptors (Lipinski definition) is 7. The van der Waals surface area contributed by atoms with Crippen molar-refractivity contribution in [3.8, 4) is 0 Å². The Morgan fingerprint density at radius 1 is 1.12 bits per heavy atom. The highest BCUT2D eigenvalue weighted by atomic mass is 16.6. The number of carbonyl (C=O) groups excluding carboxylic acids is 1. The maximum Gasteiger partial charge on any atom is 0.301 e. The van der Waals surface area contributed by atoms with Gasteiger partial charge in [0.05, 0.1) is 27.8 Å². The summed E-state index contributed by atoms with van der Waals surface area (Å²) in [7, 11) is 1.58. The maximum absolute atomic E-state index is 11.1. The fraction of sp³-hybridized carbons (Fsp3) is 0.0667. The summed E-state index contributed by atoms with van der Waals surface area (Å²) < 4.78 is 0. The number of nitrogens with zero attached hydrogens (tertiary/aromatic N) is 4. The molecule has 1 N–H and O–H groups in total. The number of nitrogens with one attached hydrogen (secondary N) is 1. The fourth-order valence-corrected chi connectivity index (χ4v) is 2.03. The van der Waals surface area contributed by atoms with Crippen LogP contribution in [0.4, 0.5) is 22.7 Å². The second-order valence-electron chi connectivity index (χ2n) is 4.86. The van der Waals surface area contributed by atoms with Gasteiger partial charge in [-0.15, -0.1) is 0 Å². The second-order valence-corrected chi connectivity index (χ2v) is 4.86. The SMILES string of the molecule is CN(C=O)c1ccccc1C=NNc1ccc([N+](=O)[O-])cc1[N+](=O)[O-]. The van der Waals surface area contributed by atoms with Crippen LogP contribution in [-0.4, -0.2) is 29.5 Å². The van der Waals surface area contributed by atoms with Crippen LogP contribution in [0, 0.1) is 20.2 Å². The van der Waals surface area contributed by atoms with Crippen molar-refractivity contribution >= 4 is 35.4 Å². The fourth-order valence-electron chi connectivity index (χ4n) is 2.03. The van der Waals surface area contributed by atoms with E-state index in [1.54, 1.807) is 31.3 Å². The molecule has 0 unspecified atom stereocenters. The molecule has 0 bridgehead atoms. The van der Waals surface area contributed by atoms with E-state index >= 15 is 0 Å². The third kappa shape index (κ3) is 4.13. The highest BCUT2D eigenvalue weighted by molar-refractivity contribution is 5.92. The Morgan fingerprint density at radius 3 is 2.48 bits per heavy atom. The van der Waals surface area contributed by atoms with Crippen molar-refractivity contribution in [3.63, 3.8) is 0 Å². The summed E-state index contributed by atoms with van der Waals surface area (Å²) in [5.41, 5.74) is 2.85. The minimum atomic E-state index is -0.737. The van der Waals surface area contributed by atoms with Crippen LogP contribution >= 0.6 is 0 Å². The summed E-state index contributed by atoms with van der Waals surface area (Å²) in [4.78, 5) is 32.6. The van der Waals surface area contributed by atoms with Crippen LogP contribution in [-0.2, 0) is 4.79 Å². The summed E-state index contributed by atoms with van der Waals surface area (Å²) in [6.07, 6.45) is 2.03. The summed E-state index contributed by atoms with van der Waals surface area (Å²) in [6, 6.07) is 10.1. The van der Waals surface area contributed by atoms with Crippen molar-refractivity contribution in [1.82, 2.24) is 0 Å². The van der Waals surface area contributed by atoms with Crippen LogP contribution in [0.15, 0.2) is 47.6 Å². The quantitative estimate of drug-likeness (QED) is 0.356. The summed E-state index contributed by atoms with van der Waals surface area (Å²) in [5.74, 6) is 0. The smallest absolute Gasteiger partial charge is 0.301 e. The molecule has 0 aliphatic carbocycles. The van der Waals surface area contributed by atoms with Gasteiger partial charge >= 0.3 is 5.69 Å². The molecule has 10 nitrogen and oxygen atoms in total. The average molecular weight is 343 g/mol. The highest BCUT2D eigenvalue weighted by Gasteiger charge is 2.19. The number of rotatable bonds is 7. The maximum atomic E-state index is 11.1. The number of amides is 1. The Hall–Kier alpha value is -3.82. The molecule has 0 atom stereocenters. The van der Waals surface area contributed by atoms with E-state index in [-0.39, 0.29) is 11.4 Å². The van der Waals surface area contributed by atoms with Crippen LogP contribution in [0.1, 0.15) is 5.56 Å². The molecule has 10 heteroatoms. The molecular weight excluding hydrogens is 330 g/mol. The predicted octanol–water partition coefficient (Wildman–Crippen LogP) is 2.54. The number of hydrazone groups is 1. The van der Waals surface area contributed by atoms with Gasteiger partial charge in [0.1, 0.15) is 5.69 Å². The van der Waals surface area contributed by atoms with E-state index in [9.17, 15) is 25.0 Å². The van der Waals surface area contributed by atoms with Gasteiger partial charge in [0, 0.05) is 18.7 Å². The van der Waals surface area contributed by atoms with Crippen LogP contribution in [0.25, 0.3) is 0 Å². The van der Waals surface area contributed by atoms with Gasteiger partial charge in [0.2, 0.25) is 6.41 Å². The van der Waals surface area contributed by atoms with Crippen molar-refractivity contribution in [3.05, 3.63) is 68.3 Å². The van der Waals surface area contributed by atoms with Crippen molar-refractivity contribution in [2.45, 2.75) is 0 Å². The Morgan fingerprint density at radius 2 is 1.84 bits per heavy atom. The number of nitro groups is 2. The van der Waals surface area contributed by atoms with E-state index in [1.165, 1.54) is 17.2 Å². The number of nitro benzene ring substituents is 2. The lowest BCUT2D eigenvalue weighted by Crippen LogP contribution is -2.15. The molecule has 0 spiro atoms. The van der Waals surface area contributed by atoms with Gasteiger partial charge in [-0.3, -0.25) is 30.4 Å². The molecule has 1 amide bonds. The molecule has 0 radical (unpaired) electrons. The first-order valence-corrected chi connectivity index (χ1v) is 6.93. The topological polar surface area (TPSA) is 131 Å². The summed E-state index contributed by atoms with van der Waals surface area (Å²) >= 11 is 0. The minimum absolute atomic E-state index is 0.00748. The zero-order valence-electron chi connectivity index (χ0n) is 13.0. The van der Waals surface area contributed by atoms with Gasteiger partial charge in [-0.25, -0.2) is 0 Å². The highest BCUT2D eigenvalue weighted by Crippen LogP contribution is 2.29. The van der Waals surface area contributed by atoms with Gasteiger partial charge in [0.25, 0.3) is 5.69 Å². The molecule has 2 rings (SSSR count). The third-order valence-corrected chi connectivity index (χ3v) is 3.25. The van der Waals surface area contributed by atoms with Gasteiger partial charge in [0.15, 0.2) is 0 Å². The third-order valence-electron chi connectivity index (χ3n) is 3.25. The van der Waals surface area contributed by atoms with E-state index in [1.807, 2.05) is 0 Å². The first-order valence-electron chi connectivity index (χ1n) is 6.93.